The van der Waals surface area contributed by atoms with Crippen LogP contribution in [0.2, 0.25) is 0 Å². The number of hydrogen-bond acceptors (Lipinski definition) is 3. The molecule has 1 aromatic rings. The number of hydrogen-bond donors (Lipinski definition) is 2. The van der Waals surface area contributed by atoms with E-state index in [0.717, 1.165) is 11.1 Å². The first-order valence-electron chi connectivity index (χ1n) is 7.04. The molecule has 0 bridgehead atoms. The van der Waals surface area contributed by atoms with Gasteiger partial charge in [0.1, 0.15) is 0 Å². The molecule has 21 heavy (non-hydrogen) atoms. The number of nitrogens with one attached hydrogen (secondary N) is 1. The Balaban J connectivity index is 2.55. The molecule has 0 aliphatic carbocycles. The third kappa shape index (κ3) is 7.22. The Morgan fingerprint density at radius 2 is 1.95 bits per heavy atom. The molecule has 0 saturated heterocycles. The molecule has 0 fully saturated rings. The third-order valence-electron chi connectivity index (χ3n) is 2.76. The van der Waals surface area contributed by atoms with Crippen molar-refractivity contribution in [2.75, 3.05) is 12.3 Å². The zero-order chi connectivity index (χ0) is 15.9. The van der Waals surface area contributed by atoms with Gasteiger partial charge < -0.3 is 11.1 Å². The van der Waals surface area contributed by atoms with Gasteiger partial charge in [0.05, 0.1) is 18.3 Å². The summed E-state index contributed by atoms with van der Waals surface area (Å²) in [6, 6.07) is 7.87. The SMILES string of the molecule is CC(NC(=O)CSC(C)(C)C)c1ccc(C#CCN)cc1. The topological polar surface area (TPSA) is 55.1 Å². The fraction of sp³-hybridized carbons (Fsp3) is 0.471. The maximum atomic E-state index is 11.9. The summed E-state index contributed by atoms with van der Waals surface area (Å²) in [5.74, 6) is 6.35. The Hall–Kier alpha value is -1.44. The van der Waals surface area contributed by atoms with Gasteiger partial charge in [0.25, 0.3) is 0 Å². The van der Waals surface area contributed by atoms with E-state index in [2.05, 4.69) is 37.9 Å². The molecule has 0 aliphatic rings. The minimum atomic E-state index is -0.00501. The van der Waals surface area contributed by atoms with E-state index in [-0.39, 0.29) is 16.7 Å². The third-order valence-corrected chi connectivity index (χ3v) is 4.03. The van der Waals surface area contributed by atoms with Gasteiger partial charge in [-0.15, -0.1) is 11.8 Å². The summed E-state index contributed by atoms with van der Waals surface area (Å²) < 4.78 is 0.101. The first kappa shape index (κ1) is 17.6. The Labute approximate surface area is 132 Å². The van der Waals surface area contributed by atoms with Crippen molar-refractivity contribution in [3.8, 4) is 11.8 Å². The molecule has 3 nitrogen and oxygen atoms in total. The molecule has 114 valence electrons. The van der Waals surface area contributed by atoms with Gasteiger partial charge in [0.2, 0.25) is 5.91 Å². The van der Waals surface area contributed by atoms with Crippen molar-refractivity contribution in [3.63, 3.8) is 0 Å². The van der Waals surface area contributed by atoms with Crippen LogP contribution in [0.25, 0.3) is 0 Å². The lowest BCUT2D eigenvalue weighted by molar-refractivity contribution is -0.119. The Morgan fingerprint density at radius 1 is 1.33 bits per heavy atom. The van der Waals surface area contributed by atoms with Crippen LogP contribution in [0.15, 0.2) is 24.3 Å². The summed E-state index contributed by atoms with van der Waals surface area (Å²) >= 11 is 1.65. The predicted molar refractivity (Wildman–Crippen MR) is 91.1 cm³/mol. The summed E-state index contributed by atoms with van der Waals surface area (Å²) in [6.45, 7) is 8.67. The number of thioether (sulfide) groups is 1. The standard InChI is InChI=1S/C17H24N2OS/c1-13(19-16(20)12-21-17(2,3)4)15-9-7-14(8-10-15)6-5-11-18/h7-10,13H,11-12,18H2,1-4H3,(H,19,20). The van der Waals surface area contributed by atoms with Crippen molar-refractivity contribution in [1.82, 2.24) is 5.32 Å². The van der Waals surface area contributed by atoms with Gasteiger partial charge in [0.15, 0.2) is 0 Å². The monoisotopic (exact) mass is 304 g/mol. The van der Waals surface area contributed by atoms with Crippen molar-refractivity contribution in [2.24, 2.45) is 5.73 Å². The molecule has 1 rings (SSSR count). The number of benzene rings is 1. The van der Waals surface area contributed by atoms with Crippen molar-refractivity contribution in [2.45, 2.75) is 38.5 Å². The maximum absolute atomic E-state index is 11.9. The van der Waals surface area contributed by atoms with E-state index in [1.165, 1.54) is 0 Å². The molecule has 3 N–H and O–H groups in total. The van der Waals surface area contributed by atoms with Gasteiger partial charge in [-0.1, -0.05) is 44.7 Å². The maximum Gasteiger partial charge on any atom is 0.230 e. The Kier molecular flexibility index (Phi) is 6.80. The van der Waals surface area contributed by atoms with Crippen LogP contribution < -0.4 is 11.1 Å². The number of amides is 1. The van der Waals surface area contributed by atoms with E-state index in [1.807, 2.05) is 31.2 Å². The molecule has 0 spiro atoms. The molecule has 0 aliphatic heterocycles. The molecular weight excluding hydrogens is 280 g/mol. The molecule has 1 aromatic carbocycles. The molecule has 0 saturated carbocycles. The highest BCUT2D eigenvalue weighted by atomic mass is 32.2. The van der Waals surface area contributed by atoms with Crippen molar-refractivity contribution < 1.29 is 4.79 Å². The van der Waals surface area contributed by atoms with E-state index < -0.39 is 0 Å². The lowest BCUT2D eigenvalue weighted by Gasteiger charge is -2.19. The van der Waals surface area contributed by atoms with Crippen LogP contribution in [-0.2, 0) is 4.79 Å². The molecule has 1 atom stereocenters. The number of carbonyl (C=O) groups excluding carboxylic acids is 1. The highest BCUT2D eigenvalue weighted by Gasteiger charge is 2.15. The van der Waals surface area contributed by atoms with Gasteiger partial charge in [0, 0.05) is 10.3 Å². The summed E-state index contributed by atoms with van der Waals surface area (Å²) in [4.78, 5) is 11.9. The normalized spacial score (nSPS) is 12.2. The zero-order valence-electron chi connectivity index (χ0n) is 13.2. The highest BCUT2D eigenvalue weighted by Crippen LogP contribution is 2.23. The first-order chi connectivity index (χ1) is 9.81. The van der Waals surface area contributed by atoms with Crippen LogP contribution in [0.5, 0.6) is 0 Å². The smallest absolute Gasteiger partial charge is 0.230 e. The number of carbonyl (C=O) groups is 1. The van der Waals surface area contributed by atoms with E-state index in [4.69, 9.17) is 5.73 Å². The second-order valence-corrected chi connectivity index (χ2v) is 7.62. The minimum absolute atomic E-state index is 0.00501. The van der Waals surface area contributed by atoms with Gasteiger partial charge >= 0.3 is 0 Å². The van der Waals surface area contributed by atoms with E-state index in [9.17, 15) is 4.79 Å². The van der Waals surface area contributed by atoms with Crippen LogP contribution in [0, 0.1) is 11.8 Å². The van der Waals surface area contributed by atoms with E-state index in [1.54, 1.807) is 11.8 Å². The van der Waals surface area contributed by atoms with Crippen molar-refractivity contribution >= 4 is 17.7 Å². The Bertz CT molecular complexity index is 520. The quantitative estimate of drug-likeness (QED) is 0.841. The van der Waals surface area contributed by atoms with Gasteiger partial charge in [-0.25, -0.2) is 0 Å². The minimum Gasteiger partial charge on any atom is -0.349 e. The molecule has 1 amide bonds. The summed E-state index contributed by atoms with van der Waals surface area (Å²) in [5.41, 5.74) is 7.35. The fourth-order valence-electron chi connectivity index (χ4n) is 1.66. The predicted octanol–water partition coefficient (Wildman–Crippen LogP) is 2.71. The highest BCUT2D eigenvalue weighted by molar-refractivity contribution is 8.01. The average Bonchev–Trinajstić information content (AvgIpc) is 2.42. The fourth-order valence-corrected chi connectivity index (χ4v) is 2.30. The molecular formula is C17H24N2OS. The molecule has 1 unspecified atom stereocenters. The molecule has 0 heterocycles. The second kappa shape index (κ2) is 8.11. The van der Waals surface area contributed by atoms with Gasteiger partial charge in [-0.05, 0) is 24.6 Å². The van der Waals surface area contributed by atoms with E-state index in [0.29, 0.717) is 12.3 Å². The second-order valence-electron chi connectivity index (χ2n) is 5.82. The molecule has 0 radical (unpaired) electrons. The lowest BCUT2D eigenvalue weighted by Crippen LogP contribution is -2.29. The van der Waals surface area contributed by atoms with Crippen molar-refractivity contribution in [3.05, 3.63) is 35.4 Å². The lowest BCUT2D eigenvalue weighted by atomic mass is 10.1. The van der Waals surface area contributed by atoms with Crippen LogP contribution in [0.1, 0.15) is 44.9 Å². The van der Waals surface area contributed by atoms with Crippen LogP contribution in [0.3, 0.4) is 0 Å². The van der Waals surface area contributed by atoms with Crippen LogP contribution in [0.4, 0.5) is 0 Å². The van der Waals surface area contributed by atoms with E-state index >= 15 is 0 Å². The summed E-state index contributed by atoms with van der Waals surface area (Å²) in [6.07, 6.45) is 0. The molecule has 4 heteroatoms. The largest absolute Gasteiger partial charge is 0.349 e. The van der Waals surface area contributed by atoms with Gasteiger partial charge in [-0.3, -0.25) is 4.79 Å². The first-order valence-corrected chi connectivity index (χ1v) is 8.02. The number of nitrogens with two attached hydrogens (primary N) is 1. The Morgan fingerprint density at radius 3 is 2.48 bits per heavy atom. The van der Waals surface area contributed by atoms with Gasteiger partial charge in [-0.2, -0.15) is 0 Å². The summed E-state index contributed by atoms with van der Waals surface area (Å²) in [7, 11) is 0. The molecule has 0 aromatic heterocycles. The average molecular weight is 304 g/mol. The summed E-state index contributed by atoms with van der Waals surface area (Å²) in [5, 5.41) is 3.02. The van der Waals surface area contributed by atoms with Crippen LogP contribution in [-0.4, -0.2) is 23.0 Å². The zero-order valence-corrected chi connectivity index (χ0v) is 14.0. The van der Waals surface area contributed by atoms with Crippen molar-refractivity contribution in [1.29, 1.82) is 0 Å². The van der Waals surface area contributed by atoms with Crippen LogP contribution >= 0.6 is 11.8 Å². The number of rotatable bonds is 4.